The Morgan fingerprint density at radius 1 is 0.472 bits per heavy atom. The number of carbonyl (C=O) groups is 2. The molecule has 3 atom stereocenters. The second-order valence-corrected chi connectivity index (χ2v) is 24.0. The Hall–Kier alpha value is -1.51. The number of hydrogen-bond donors (Lipinski definition) is 1. The van der Waals surface area contributed by atoms with Crippen molar-refractivity contribution < 1.29 is 37.3 Å². The topological polar surface area (TPSA) is 114 Å². The third kappa shape index (κ3) is 53.3. The van der Waals surface area contributed by atoms with Gasteiger partial charge in [-0.25, -0.2) is 0 Å². The maximum atomic E-state index is 13.5. The zero-order chi connectivity index (χ0) is 52.9. The molecule has 3 unspecified atom stereocenters. The molecule has 0 bridgehead atoms. The first-order valence-corrected chi connectivity index (χ1v) is 32.6. The van der Waals surface area contributed by atoms with E-state index in [1.807, 2.05) is 33.3 Å². The first-order chi connectivity index (χ1) is 34.9. The van der Waals surface area contributed by atoms with Gasteiger partial charge in [-0.3, -0.25) is 14.2 Å². The Morgan fingerprint density at radius 3 is 1.18 bits per heavy atom. The van der Waals surface area contributed by atoms with Crippen LogP contribution in [0.4, 0.5) is 0 Å². The van der Waals surface area contributed by atoms with Crippen LogP contribution in [0, 0.1) is 0 Å². The number of phosphoric ester groups is 1. The number of phosphoric acid groups is 1. The number of allylic oxidation sites excluding steroid dienone is 3. The van der Waals surface area contributed by atoms with Gasteiger partial charge in [-0.2, -0.15) is 0 Å². The monoisotopic (exact) mass is 1040 g/mol. The number of esters is 1. The number of ether oxygens (including phenoxy) is 1. The third-order valence-electron chi connectivity index (χ3n) is 14.1. The van der Waals surface area contributed by atoms with Crippen molar-refractivity contribution in [3.8, 4) is 0 Å². The molecule has 72 heavy (non-hydrogen) atoms. The van der Waals surface area contributed by atoms with Crippen LogP contribution in [0.5, 0.6) is 0 Å². The molecule has 0 aromatic rings. The average Bonchev–Trinajstić information content (AvgIpc) is 3.34. The highest BCUT2D eigenvalue weighted by atomic mass is 31.2. The molecule has 426 valence electrons. The predicted octanol–water partition coefficient (Wildman–Crippen LogP) is 18.3. The van der Waals surface area contributed by atoms with E-state index in [4.69, 9.17) is 13.8 Å². The average molecular weight is 1040 g/mol. The molecule has 0 aliphatic carbocycles. The smallest absolute Gasteiger partial charge is 0.306 e. The fraction of sp³-hybridized carbons (Fsp3) is 0.903. The first kappa shape index (κ1) is 70.5. The minimum Gasteiger partial charge on any atom is -0.756 e. The van der Waals surface area contributed by atoms with Gasteiger partial charge in [-0.05, 0) is 57.4 Å². The summed E-state index contributed by atoms with van der Waals surface area (Å²) < 4.78 is 30.3. The SMILES string of the molecule is CCCCCCCC/C=C/CCCCCCCCCCCC(=O)OC(/C=C/CCCCCCCCCCCC)C(COP(=O)([O-])OCC[N+](C)(C)C)NC(=O)CCCCCCCCCCCCCCCCC. The van der Waals surface area contributed by atoms with Crippen LogP contribution in [-0.2, 0) is 27.9 Å². The van der Waals surface area contributed by atoms with Gasteiger partial charge in [-0.15, -0.1) is 0 Å². The van der Waals surface area contributed by atoms with Gasteiger partial charge in [0.05, 0.1) is 33.8 Å². The van der Waals surface area contributed by atoms with Crippen LogP contribution in [0.15, 0.2) is 24.3 Å². The zero-order valence-electron chi connectivity index (χ0n) is 48.7. The number of nitrogens with one attached hydrogen (secondary N) is 1. The van der Waals surface area contributed by atoms with Crippen molar-refractivity contribution >= 4 is 19.7 Å². The maximum absolute atomic E-state index is 13.5. The van der Waals surface area contributed by atoms with Gasteiger partial charge in [0.1, 0.15) is 19.3 Å². The summed E-state index contributed by atoms with van der Waals surface area (Å²) in [5, 5.41) is 3.03. The molecule has 0 aromatic carbocycles. The van der Waals surface area contributed by atoms with Crippen molar-refractivity contribution in [3.05, 3.63) is 24.3 Å². The summed E-state index contributed by atoms with van der Waals surface area (Å²) in [7, 11) is 1.20. The Morgan fingerprint density at radius 2 is 0.806 bits per heavy atom. The molecule has 0 radical (unpaired) electrons. The summed E-state index contributed by atoms with van der Waals surface area (Å²) >= 11 is 0. The quantitative estimate of drug-likeness (QED) is 0.0212. The Kier molecular flexibility index (Phi) is 51.8. The number of quaternary nitrogens is 1. The lowest BCUT2D eigenvalue weighted by molar-refractivity contribution is -0.870. The van der Waals surface area contributed by atoms with Gasteiger partial charge in [0.2, 0.25) is 5.91 Å². The van der Waals surface area contributed by atoms with Crippen molar-refractivity contribution in [1.29, 1.82) is 0 Å². The Balaban J connectivity index is 5.22. The van der Waals surface area contributed by atoms with Crippen LogP contribution < -0.4 is 10.2 Å². The van der Waals surface area contributed by atoms with E-state index in [1.54, 1.807) is 0 Å². The van der Waals surface area contributed by atoms with E-state index in [1.165, 1.54) is 218 Å². The Bertz CT molecular complexity index is 1290. The fourth-order valence-corrected chi connectivity index (χ4v) is 10.0. The molecule has 0 spiro atoms. The van der Waals surface area contributed by atoms with E-state index >= 15 is 0 Å². The molecule has 0 rings (SSSR count). The van der Waals surface area contributed by atoms with Crippen molar-refractivity contribution in [2.75, 3.05) is 40.9 Å². The highest BCUT2D eigenvalue weighted by Crippen LogP contribution is 2.38. The molecule has 0 aliphatic heterocycles. The van der Waals surface area contributed by atoms with Gasteiger partial charge >= 0.3 is 5.97 Å². The summed E-state index contributed by atoms with van der Waals surface area (Å²) in [4.78, 5) is 39.9. The molecule has 1 N–H and O–H groups in total. The van der Waals surface area contributed by atoms with E-state index in [0.29, 0.717) is 17.4 Å². The highest BCUT2D eigenvalue weighted by Gasteiger charge is 2.27. The number of hydrogen-bond acceptors (Lipinski definition) is 7. The number of nitrogens with zero attached hydrogens (tertiary/aromatic N) is 1. The second kappa shape index (κ2) is 52.9. The van der Waals surface area contributed by atoms with Gasteiger partial charge in [-0.1, -0.05) is 264 Å². The molecule has 0 heterocycles. The predicted molar refractivity (Wildman–Crippen MR) is 307 cm³/mol. The van der Waals surface area contributed by atoms with E-state index in [2.05, 4.69) is 38.2 Å². The van der Waals surface area contributed by atoms with Crippen LogP contribution >= 0.6 is 7.82 Å². The van der Waals surface area contributed by atoms with E-state index < -0.39 is 20.0 Å². The summed E-state index contributed by atoms with van der Waals surface area (Å²) in [6, 6.07) is -0.882. The largest absolute Gasteiger partial charge is 0.756 e. The summed E-state index contributed by atoms with van der Waals surface area (Å²) in [5.74, 6) is -0.527. The van der Waals surface area contributed by atoms with Crippen molar-refractivity contribution in [2.45, 2.75) is 322 Å². The Labute approximate surface area is 447 Å². The van der Waals surface area contributed by atoms with E-state index in [9.17, 15) is 19.0 Å². The molecule has 0 fully saturated rings. The lowest BCUT2D eigenvalue weighted by Gasteiger charge is -2.30. The normalized spacial score (nSPS) is 13.8. The van der Waals surface area contributed by atoms with Gasteiger partial charge in [0.25, 0.3) is 7.82 Å². The lowest BCUT2D eigenvalue weighted by atomic mass is 10.0. The minimum atomic E-state index is -4.69. The van der Waals surface area contributed by atoms with Crippen molar-refractivity contribution in [2.24, 2.45) is 0 Å². The molecular weight excluding hydrogens is 916 g/mol. The molecule has 0 saturated heterocycles. The number of likely N-dealkylation sites (N-methyl/N-ethyl adjacent to an activating group) is 1. The lowest BCUT2D eigenvalue weighted by Crippen LogP contribution is -2.47. The molecule has 0 aromatic heterocycles. The van der Waals surface area contributed by atoms with Crippen LogP contribution in [0.2, 0.25) is 0 Å². The minimum absolute atomic E-state index is 0.0189. The fourth-order valence-electron chi connectivity index (χ4n) is 9.28. The van der Waals surface area contributed by atoms with Crippen molar-refractivity contribution in [3.63, 3.8) is 0 Å². The summed E-state index contributed by atoms with van der Waals surface area (Å²) in [6.45, 7) is 6.88. The first-order valence-electron chi connectivity index (χ1n) is 31.1. The number of amides is 1. The summed E-state index contributed by atoms with van der Waals surface area (Å²) in [5.41, 5.74) is 0. The van der Waals surface area contributed by atoms with Gasteiger partial charge in [0, 0.05) is 12.8 Å². The van der Waals surface area contributed by atoms with Crippen LogP contribution in [0.25, 0.3) is 0 Å². The molecule has 0 saturated carbocycles. The molecular formula is C62H121N2O7P. The van der Waals surface area contributed by atoms with Gasteiger partial charge < -0.3 is 28.5 Å². The zero-order valence-corrected chi connectivity index (χ0v) is 49.6. The van der Waals surface area contributed by atoms with E-state index in [0.717, 1.165) is 57.8 Å². The van der Waals surface area contributed by atoms with Gasteiger partial charge in [0.15, 0.2) is 0 Å². The van der Waals surface area contributed by atoms with Crippen LogP contribution in [-0.4, -0.2) is 69.4 Å². The maximum Gasteiger partial charge on any atom is 0.306 e. The molecule has 1 amide bonds. The standard InChI is InChI=1S/C62H121N2O7P/c1-7-10-13-16-19-22-25-28-30-31-32-33-35-37-40-43-46-49-52-55-62(66)71-60(53-50-47-44-41-38-27-24-21-18-15-12-9-3)59(58-70-72(67,68)69-57-56-64(4,5)6)63-61(65)54-51-48-45-42-39-36-34-29-26-23-20-17-14-11-8-2/h28,30,50,53,59-60H,7-27,29,31-49,51-52,54-58H2,1-6H3,(H-,63,65,67,68)/b30-28+,53-50+. The molecule has 10 heteroatoms. The molecule has 0 aliphatic rings. The number of rotatable bonds is 57. The van der Waals surface area contributed by atoms with Crippen LogP contribution in [0.1, 0.15) is 310 Å². The number of unbranched alkanes of at least 4 members (excludes halogenated alkanes) is 39. The second-order valence-electron chi connectivity index (χ2n) is 22.6. The number of carbonyl (C=O) groups excluding carboxylic acids is 2. The highest BCUT2D eigenvalue weighted by molar-refractivity contribution is 7.45. The summed E-state index contributed by atoms with van der Waals surface area (Å²) in [6.07, 6.45) is 61.4. The van der Waals surface area contributed by atoms with Crippen molar-refractivity contribution in [1.82, 2.24) is 5.32 Å². The van der Waals surface area contributed by atoms with E-state index in [-0.39, 0.29) is 31.5 Å². The van der Waals surface area contributed by atoms with Crippen LogP contribution in [0.3, 0.4) is 0 Å². The molecule has 9 nitrogen and oxygen atoms in total. The third-order valence-corrected chi connectivity index (χ3v) is 15.1.